The Labute approximate surface area is 84.9 Å². The Kier molecular flexibility index (Phi) is 3.33. The van der Waals surface area contributed by atoms with Crippen molar-refractivity contribution in [3.63, 3.8) is 0 Å². The number of aromatic nitrogens is 1. The minimum absolute atomic E-state index is 0.115. The zero-order valence-electron chi connectivity index (χ0n) is 7.90. The van der Waals surface area contributed by atoms with E-state index >= 15 is 0 Å². The summed E-state index contributed by atoms with van der Waals surface area (Å²) in [6.07, 6.45) is 1.04. The number of aliphatic carboxylic acids is 1. The number of hydrogen-bond donors (Lipinski definition) is 2. The van der Waals surface area contributed by atoms with Crippen molar-refractivity contribution in [2.45, 2.75) is 13.0 Å². The first-order valence-electron chi connectivity index (χ1n) is 4.16. The van der Waals surface area contributed by atoms with Gasteiger partial charge in [-0.05, 0) is 19.1 Å². The number of carboxylic acids is 1. The number of rotatable bonds is 3. The fraction of sp³-hybridized carbons (Fsp3) is 0.222. The topological polar surface area (TPSA) is 79.3 Å². The lowest BCUT2D eigenvalue weighted by Crippen LogP contribution is -2.38. The molecule has 0 bridgehead atoms. The van der Waals surface area contributed by atoms with Crippen LogP contribution >= 0.6 is 0 Å². The highest BCUT2D eigenvalue weighted by Gasteiger charge is 2.15. The number of amides is 1. The molecule has 1 heterocycles. The Morgan fingerprint density at radius 3 is 2.67 bits per heavy atom. The number of halogens is 1. The minimum Gasteiger partial charge on any atom is -0.480 e. The molecule has 0 fully saturated rings. The molecular weight excluding hydrogens is 203 g/mol. The molecule has 0 saturated carbocycles. The van der Waals surface area contributed by atoms with E-state index in [2.05, 4.69) is 10.3 Å². The maximum Gasteiger partial charge on any atom is 0.325 e. The number of hydrogen-bond acceptors (Lipinski definition) is 3. The number of nitrogens with one attached hydrogen (secondary N) is 1. The second-order valence-corrected chi connectivity index (χ2v) is 2.90. The van der Waals surface area contributed by atoms with Crippen LogP contribution in [0.4, 0.5) is 4.39 Å². The Morgan fingerprint density at radius 1 is 1.53 bits per heavy atom. The molecule has 0 aliphatic heterocycles. The van der Waals surface area contributed by atoms with E-state index in [4.69, 9.17) is 5.11 Å². The van der Waals surface area contributed by atoms with Gasteiger partial charge in [0, 0.05) is 6.20 Å². The molecule has 0 saturated heterocycles. The number of carbonyl (C=O) groups is 2. The van der Waals surface area contributed by atoms with Gasteiger partial charge in [0.05, 0.1) is 5.56 Å². The van der Waals surface area contributed by atoms with Gasteiger partial charge in [0.25, 0.3) is 5.91 Å². The maximum absolute atomic E-state index is 12.4. The molecule has 6 heteroatoms. The molecule has 0 unspecified atom stereocenters. The van der Waals surface area contributed by atoms with E-state index < -0.39 is 23.9 Å². The van der Waals surface area contributed by atoms with Crippen LogP contribution in [0.1, 0.15) is 17.3 Å². The molecular formula is C9H9FN2O3. The van der Waals surface area contributed by atoms with Crippen LogP contribution in [0.5, 0.6) is 0 Å². The SMILES string of the molecule is C[C@@H](NC(=O)c1ccc(F)nc1)C(=O)O. The lowest BCUT2D eigenvalue weighted by atomic mass is 10.2. The van der Waals surface area contributed by atoms with Gasteiger partial charge in [-0.25, -0.2) is 4.98 Å². The van der Waals surface area contributed by atoms with Gasteiger partial charge in [0.15, 0.2) is 0 Å². The second kappa shape index (κ2) is 4.50. The van der Waals surface area contributed by atoms with Crippen LogP contribution in [0.3, 0.4) is 0 Å². The zero-order chi connectivity index (χ0) is 11.4. The lowest BCUT2D eigenvalue weighted by molar-refractivity contribution is -0.138. The summed E-state index contributed by atoms with van der Waals surface area (Å²) in [5.41, 5.74) is 0.115. The highest BCUT2D eigenvalue weighted by Crippen LogP contribution is 1.99. The summed E-state index contributed by atoms with van der Waals surface area (Å²) in [7, 11) is 0. The van der Waals surface area contributed by atoms with Gasteiger partial charge >= 0.3 is 5.97 Å². The highest BCUT2D eigenvalue weighted by molar-refractivity contribution is 5.96. The molecule has 80 valence electrons. The van der Waals surface area contributed by atoms with E-state index in [0.717, 1.165) is 12.3 Å². The normalized spacial score (nSPS) is 11.9. The van der Waals surface area contributed by atoms with Gasteiger partial charge in [-0.2, -0.15) is 4.39 Å². The Balaban J connectivity index is 2.69. The molecule has 1 amide bonds. The molecule has 1 aromatic heterocycles. The van der Waals surface area contributed by atoms with E-state index in [0.29, 0.717) is 0 Å². The lowest BCUT2D eigenvalue weighted by Gasteiger charge is -2.08. The molecule has 0 aromatic carbocycles. The molecule has 0 aliphatic rings. The maximum atomic E-state index is 12.4. The third kappa shape index (κ3) is 3.01. The summed E-state index contributed by atoms with van der Waals surface area (Å²) in [6.45, 7) is 1.33. The van der Waals surface area contributed by atoms with Gasteiger partial charge in [-0.15, -0.1) is 0 Å². The average molecular weight is 212 g/mol. The summed E-state index contributed by atoms with van der Waals surface area (Å²) in [5, 5.41) is 10.7. The number of pyridine rings is 1. The van der Waals surface area contributed by atoms with Crippen LogP contribution in [0.25, 0.3) is 0 Å². The van der Waals surface area contributed by atoms with Crippen molar-refractivity contribution in [2.75, 3.05) is 0 Å². The second-order valence-electron chi connectivity index (χ2n) is 2.90. The van der Waals surface area contributed by atoms with Crippen molar-refractivity contribution in [2.24, 2.45) is 0 Å². The summed E-state index contributed by atoms with van der Waals surface area (Å²) in [4.78, 5) is 25.0. The summed E-state index contributed by atoms with van der Waals surface area (Å²) < 4.78 is 12.4. The summed E-state index contributed by atoms with van der Waals surface area (Å²) in [5.74, 6) is -2.44. The van der Waals surface area contributed by atoms with Crippen LogP contribution in [0.2, 0.25) is 0 Å². The van der Waals surface area contributed by atoms with Crippen LogP contribution in [0, 0.1) is 5.95 Å². The fourth-order valence-corrected chi connectivity index (χ4v) is 0.852. The van der Waals surface area contributed by atoms with Crippen LogP contribution in [0.15, 0.2) is 18.3 Å². The molecule has 0 radical (unpaired) electrons. The molecule has 1 rings (SSSR count). The third-order valence-electron chi connectivity index (χ3n) is 1.71. The Hall–Kier alpha value is -1.98. The predicted molar refractivity (Wildman–Crippen MR) is 48.8 cm³/mol. The largest absolute Gasteiger partial charge is 0.480 e. The van der Waals surface area contributed by atoms with E-state index in [1.807, 2.05) is 0 Å². The third-order valence-corrected chi connectivity index (χ3v) is 1.71. The van der Waals surface area contributed by atoms with Gasteiger partial charge in [0.2, 0.25) is 5.95 Å². The molecule has 0 spiro atoms. The van der Waals surface area contributed by atoms with Crippen molar-refractivity contribution in [3.05, 3.63) is 29.8 Å². The van der Waals surface area contributed by atoms with Gasteiger partial charge in [-0.3, -0.25) is 9.59 Å². The quantitative estimate of drug-likeness (QED) is 0.712. The monoisotopic (exact) mass is 212 g/mol. The van der Waals surface area contributed by atoms with Crippen molar-refractivity contribution < 1.29 is 19.1 Å². The van der Waals surface area contributed by atoms with Gasteiger partial charge < -0.3 is 10.4 Å². The van der Waals surface area contributed by atoms with E-state index in [9.17, 15) is 14.0 Å². The first-order valence-corrected chi connectivity index (χ1v) is 4.16. The molecule has 1 aromatic rings. The van der Waals surface area contributed by atoms with Crippen LogP contribution < -0.4 is 5.32 Å². The molecule has 15 heavy (non-hydrogen) atoms. The first kappa shape index (κ1) is 11.1. The Morgan fingerprint density at radius 2 is 2.20 bits per heavy atom. The summed E-state index contributed by atoms with van der Waals surface area (Å²) in [6, 6.07) is 1.26. The van der Waals surface area contributed by atoms with Crippen LogP contribution in [-0.2, 0) is 4.79 Å². The first-order chi connectivity index (χ1) is 7.00. The van der Waals surface area contributed by atoms with E-state index in [-0.39, 0.29) is 5.56 Å². The zero-order valence-corrected chi connectivity index (χ0v) is 7.90. The fourth-order valence-electron chi connectivity index (χ4n) is 0.852. The molecule has 5 nitrogen and oxygen atoms in total. The standard InChI is InChI=1S/C9H9FN2O3/c1-5(9(14)15)12-8(13)6-2-3-7(10)11-4-6/h2-5H,1H3,(H,12,13)(H,14,15)/t5-/m1/s1. The minimum atomic E-state index is -1.14. The van der Waals surface area contributed by atoms with Gasteiger partial charge in [0.1, 0.15) is 6.04 Å². The Bertz CT molecular complexity index is 377. The van der Waals surface area contributed by atoms with Crippen LogP contribution in [-0.4, -0.2) is 28.0 Å². The van der Waals surface area contributed by atoms with Gasteiger partial charge in [-0.1, -0.05) is 0 Å². The number of carboxylic acid groups (broad SMARTS) is 1. The van der Waals surface area contributed by atoms with Crippen molar-refractivity contribution in [1.82, 2.24) is 10.3 Å². The average Bonchev–Trinajstić information content (AvgIpc) is 2.18. The number of nitrogens with zero attached hydrogens (tertiary/aromatic N) is 1. The van der Waals surface area contributed by atoms with Crippen molar-refractivity contribution in [3.8, 4) is 0 Å². The van der Waals surface area contributed by atoms with Crippen molar-refractivity contribution >= 4 is 11.9 Å². The number of carbonyl (C=O) groups excluding carboxylic acids is 1. The smallest absolute Gasteiger partial charge is 0.325 e. The van der Waals surface area contributed by atoms with E-state index in [1.165, 1.54) is 13.0 Å². The molecule has 2 N–H and O–H groups in total. The van der Waals surface area contributed by atoms with E-state index in [1.54, 1.807) is 0 Å². The van der Waals surface area contributed by atoms with Crippen molar-refractivity contribution in [1.29, 1.82) is 0 Å². The summed E-state index contributed by atoms with van der Waals surface area (Å²) >= 11 is 0. The molecule has 0 aliphatic carbocycles. The highest BCUT2D eigenvalue weighted by atomic mass is 19.1. The predicted octanol–water partition coefficient (Wildman–Crippen LogP) is 0.424. The molecule has 1 atom stereocenters.